The Morgan fingerprint density at radius 1 is 1.14 bits per heavy atom. The van der Waals surface area contributed by atoms with Crippen LogP contribution in [0.1, 0.15) is 29.5 Å². The van der Waals surface area contributed by atoms with Crippen LogP contribution in [0.4, 0.5) is 5.69 Å². The van der Waals surface area contributed by atoms with Gasteiger partial charge in [0.2, 0.25) is 6.34 Å². The van der Waals surface area contributed by atoms with Gasteiger partial charge >= 0.3 is 0 Å². The van der Waals surface area contributed by atoms with Crippen LogP contribution in [0.5, 0.6) is 0 Å². The molecule has 148 valence electrons. The monoisotopic (exact) mass is 406 g/mol. The lowest BCUT2D eigenvalue weighted by Crippen LogP contribution is -2.39. The molecule has 2 aliphatic rings. The van der Waals surface area contributed by atoms with Crippen molar-refractivity contribution >= 4 is 34.4 Å². The van der Waals surface area contributed by atoms with Gasteiger partial charge in [0.1, 0.15) is 23.4 Å². The lowest BCUT2D eigenvalue weighted by atomic mass is 9.93. The molecule has 2 aliphatic heterocycles. The average molecular weight is 407 g/mol. The molecule has 0 spiro atoms. The van der Waals surface area contributed by atoms with Gasteiger partial charge in [0, 0.05) is 30.0 Å². The Morgan fingerprint density at radius 2 is 1.93 bits per heavy atom. The molecule has 0 radical (unpaired) electrons. The SMILES string of the molecule is CN1C=[N+](C2CCOCC2)Cc2cc(Cc3ccnc(Cl)c3)c3ccccc3c21. The first-order valence-electron chi connectivity index (χ1n) is 10.2. The van der Waals surface area contributed by atoms with E-state index in [2.05, 4.69) is 58.2 Å². The highest BCUT2D eigenvalue weighted by atomic mass is 35.5. The Balaban J connectivity index is 1.58. The average Bonchev–Trinajstić information content (AvgIpc) is 2.74. The summed E-state index contributed by atoms with van der Waals surface area (Å²) in [5.74, 6) is 0. The topological polar surface area (TPSA) is 28.4 Å². The van der Waals surface area contributed by atoms with Crippen LogP contribution in [-0.2, 0) is 17.7 Å². The predicted octanol–water partition coefficient (Wildman–Crippen LogP) is 4.65. The number of aromatic nitrogens is 1. The van der Waals surface area contributed by atoms with Crippen LogP contribution in [0.25, 0.3) is 10.8 Å². The first kappa shape index (κ1) is 18.6. The number of rotatable bonds is 3. The van der Waals surface area contributed by atoms with E-state index >= 15 is 0 Å². The second-order valence-corrected chi connectivity index (χ2v) is 8.38. The van der Waals surface area contributed by atoms with E-state index in [1.54, 1.807) is 6.20 Å². The van der Waals surface area contributed by atoms with Crippen molar-refractivity contribution in [3.8, 4) is 0 Å². The number of halogens is 1. The molecule has 0 unspecified atom stereocenters. The van der Waals surface area contributed by atoms with Crippen molar-refractivity contribution in [2.75, 3.05) is 25.2 Å². The van der Waals surface area contributed by atoms with Gasteiger partial charge in [-0.1, -0.05) is 35.9 Å². The maximum atomic E-state index is 6.13. The Hall–Kier alpha value is -2.43. The standard InChI is InChI=1S/C24H25ClN3O/c1-27-16-28(20-7-10-29-11-8-20)15-19-14-18(12-17-6-9-26-23(25)13-17)21-4-2-3-5-22(21)24(19)27/h2-6,9,13-14,16,20H,7-8,10-12,15H2,1H3/q+1. The second kappa shape index (κ2) is 7.77. The lowest BCUT2D eigenvalue weighted by Gasteiger charge is -2.29. The molecule has 4 nitrogen and oxygen atoms in total. The fraction of sp³-hybridized carbons (Fsp3) is 0.333. The summed E-state index contributed by atoms with van der Waals surface area (Å²) in [6.45, 7) is 2.66. The van der Waals surface area contributed by atoms with Crippen molar-refractivity contribution in [2.45, 2.75) is 31.8 Å². The molecule has 2 aromatic carbocycles. The van der Waals surface area contributed by atoms with Crippen molar-refractivity contribution < 1.29 is 9.31 Å². The summed E-state index contributed by atoms with van der Waals surface area (Å²) in [6.07, 6.45) is 7.10. The molecule has 0 aliphatic carbocycles. The highest BCUT2D eigenvalue weighted by Gasteiger charge is 2.29. The summed E-state index contributed by atoms with van der Waals surface area (Å²) in [5, 5.41) is 3.16. The molecule has 1 aromatic heterocycles. The molecule has 3 heterocycles. The van der Waals surface area contributed by atoms with E-state index in [0.717, 1.165) is 39.0 Å². The van der Waals surface area contributed by atoms with Crippen LogP contribution in [-0.4, -0.2) is 42.2 Å². The minimum absolute atomic E-state index is 0.546. The van der Waals surface area contributed by atoms with Crippen LogP contribution in [0, 0.1) is 0 Å². The smallest absolute Gasteiger partial charge is 0.239 e. The summed E-state index contributed by atoms with van der Waals surface area (Å²) in [7, 11) is 2.17. The number of benzene rings is 2. The van der Waals surface area contributed by atoms with E-state index in [-0.39, 0.29) is 0 Å². The van der Waals surface area contributed by atoms with Crippen LogP contribution in [0.15, 0.2) is 48.7 Å². The number of hydrogen-bond donors (Lipinski definition) is 0. The van der Waals surface area contributed by atoms with Gasteiger partial charge in [-0.2, -0.15) is 0 Å². The van der Waals surface area contributed by atoms with Crippen LogP contribution in [0.2, 0.25) is 5.15 Å². The molecule has 1 fully saturated rings. The highest BCUT2D eigenvalue weighted by molar-refractivity contribution is 6.29. The third-order valence-corrected chi connectivity index (χ3v) is 6.26. The van der Waals surface area contributed by atoms with Gasteiger partial charge in [-0.25, -0.2) is 9.88 Å². The van der Waals surface area contributed by atoms with Gasteiger partial charge in [-0.3, -0.25) is 4.58 Å². The van der Waals surface area contributed by atoms with E-state index in [4.69, 9.17) is 16.3 Å². The Bertz CT molecular complexity index is 1090. The zero-order chi connectivity index (χ0) is 19.8. The molecule has 1 saturated heterocycles. The normalized spacial score (nSPS) is 17.3. The van der Waals surface area contributed by atoms with Crippen molar-refractivity contribution in [2.24, 2.45) is 0 Å². The third-order valence-electron chi connectivity index (χ3n) is 6.05. The number of anilines is 1. The zero-order valence-electron chi connectivity index (χ0n) is 16.6. The van der Waals surface area contributed by atoms with E-state index < -0.39 is 0 Å². The molecule has 0 bridgehead atoms. The molecule has 5 heteroatoms. The van der Waals surface area contributed by atoms with E-state index in [0.29, 0.717) is 11.2 Å². The number of hydrogen-bond acceptors (Lipinski definition) is 3. The van der Waals surface area contributed by atoms with Gasteiger partial charge in [-0.05, 0) is 41.1 Å². The molecule has 3 aromatic rings. The fourth-order valence-corrected chi connectivity index (χ4v) is 4.91. The van der Waals surface area contributed by atoms with Gasteiger partial charge in [0.15, 0.2) is 0 Å². The maximum Gasteiger partial charge on any atom is 0.239 e. The van der Waals surface area contributed by atoms with Crippen LogP contribution in [0.3, 0.4) is 0 Å². The summed E-state index contributed by atoms with van der Waals surface area (Å²) < 4.78 is 8.06. The fourth-order valence-electron chi connectivity index (χ4n) is 4.71. The minimum atomic E-state index is 0.546. The van der Waals surface area contributed by atoms with Gasteiger partial charge < -0.3 is 4.74 Å². The molecule has 0 atom stereocenters. The summed E-state index contributed by atoms with van der Waals surface area (Å²) in [5.41, 5.74) is 5.23. The molecule has 0 N–H and O–H groups in total. The third kappa shape index (κ3) is 3.63. The first-order valence-corrected chi connectivity index (χ1v) is 10.6. The quantitative estimate of drug-likeness (QED) is 0.468. The van der Waals surface area contributed by atoms with Gasteiger partial charge in [-0.15, -0.1) is 0 Å². The molecule has 5 rings (SSSR count). The first-order chi connectivity index (χ1) is 14.2. The number of fused-ring (bicyclic) bond motifs is 3. The molecular formula is C24H25ClN3O+. The number of nitrogens with zero attached hydrogens (tertiary/aromatic N) is 3. The second-order valence-electron chi connectivity index (χ2n) is 7.99. The van der Waals surface area contributed by atoms with Gasteiger partial charge in [0.25, 0.3) is 0 Å². The van der Waals surface area contributed by atoms with Crippen molar-refractivity contribution in [1.82, 2.24) is 4.98 Å². The molecule has 29 heavy (non-hydrogen) atoms. The van der Waals surface area contributed by atoms with Crippen LogP contribution >= 0.6 is 11.6 Å². The van der Waals surface area contributed by atoms with Crippen molar-refractivity contribution in [1.29, 1.82) is 0 Å². The predicted molar refractivity (Wildman–Crippen MR) is 118 cm³/mol. The number of pyridine rings is 1. The lowest BCUT2D eigenvalue weighted by molar-refractivity contribution is -0.584. The highest BCUT2D eigenvalue weighted by Crippen LogP contribution is 2.36. The summed E-state index contributed by atoms with van der Waals surface area (Å²) in [4.78, 5) is 6.42. The van der Waals surface area contributed by atoms with Gasteiger partial charge in [0.05, 0.1) is 20.3 Å². The van der Waals surface area contributed by atoms with Crippen molar-refractivity contribution in [3.63, 3.8) is 0 Å². The molecular weight excluding hydrogens is 382 g/mol. The Labute approximate surface area is 176 Å². The van der Waals surface area contributed by atoms with E-state index in [1.807, 2.05) is 12.1 Å². The molecule has 0 amide bonds. The van der Waals surface area contributed by atoms with E-state index in [9.17, 15) is 0 Å². The largest absolute Gasteiger partial charge is 0.381 e. The number of ether oxygens (including phenoxy) is 1. The van der Waals surface area contributed by atoms with E-state index in [1.165, 1.54) is 33.2 Å². The summed E-state index contributed by atoms with van der Waals surface area (Å²) >= 11 is 6.13. The van der Waals surface area contributed by atoms with Crippen LogP contribution < -0.4 is 4.90 Å². The Morgan fingerprint density at radius 3 is 2.72 bits per heavy atom. The molecule has 0 saturated carbocycles. The Kier molecular flexibility index (Phi) is 4.98. The summed E-state index contributed by atoms with van der Waals surface area (Å²) in [6, 6.07) is 15.7. The maximum absolute atomic E-state index is 6.13. The van der Waals surface area contributed by atoms with Crippen molar-refractivity contribution in [3.05, 3.63) is 70.5 Å². The minimum Gasteiger partial charge on any atom is -0.381 e. The zero-order valence-corrected chi connectivity index (χ0v) is 17.4.